The van der Waals surface area contributed by atoms with Gasteiger partial charge in [-0.05, 0) is 13.8 Å². The Bertz CT molecular complexity index is 518. The summed E-state index contributed by atoms with van der Waals surface area (Å²) in [6.45, 7) is 2.67. The van der Waals surface area contributed by atoms with E-state index < -0.39 is 21.0 Å². The van der Waals surface area contributed by atoms with Crippen LogP contribution in [0.15, 0.2) is 28.2 Å². The number of sulfonamides is 1. The van der Waals surface area contributed by atoms with E-state index in [4.69, 9.17) is 5.11 Å². The van der Waals surface area contributed by atoms with Crippen molar-refractivity contribution in [2.45, 2.75) is 24.3 Å². The molecule has 1 aromatic heterocycles. The predicted molar refractivity (Wildman–Crippen MR) is 58.5 cm³/mol. The van der Waals surface area contributed by atoms with Crippen molar-refractivity contribution < 1.29 is 13.5 Å². The number of aliphatic hydroxyl groups is 1. The molecule has 7 heteroatoms. The van der Waals surface area contributed by atoms with Crippen LogP contribution in [0.25, 0.3) is 0 Å². The first-order valence-corrected chi connectivity index (χ1v) is 6.09. The fourth-order valence-electron chi connectivity index (χ4n) is 1.06. The molecule has 1 rings (SSSR count). The Labute approximate surface area is 93.4 Å². The van der Waals surface area contributed by atoms with E-state index in [1.807, 2.05) is 0 Å². The summed E-state index contributed by atoms with van der Waals surface area (Å²) in [7, 11) is -3.91. The molecule has 0 aliphatic carbocycles. The Morgan fingerprint density at radius 1 is 1.50 bits per heavy atom. The normalized spacial score (nSPS) is 12.7. The van der Waals surface area contributed by atoms with Crippen molar-refractivity contribution in [1.82, 2.24) is 9.71 Å². The molecule has 90 valence electrons. The van der Waals surface area contributed by atoms with Gasteiger partial charge in [0.2, 0.25) is 15.5 Å². The van der Waals surface area contributed by atoms with Crippen molar-refractivity contribution in [2.75, 3.05) is 6.61 Å². The third kappa shape index (κ3) is 2.91. The van der Waals surface area contributed by atoms with Gasteiger partial charge in [0, 0.05) is 18.5 Å². The summed E-state index contributed by atoms with van der Waals surface area (Å²) in [4.78, 5) is 13.5. The number of hydrogen-bond acceptors (Lipinski definition) is 4. The lowest BCUT2D eigenvalue weighted by atomic mass is 10.1. The van der Waals surface area contributed by atoms with Crippen LogP contribution in [0.5, 0.6) is 0 Å². The average Bonchev–Trinajstić information content (AvgIpc) is 2.16. The van der Waals surface area contributed by atoms with Gasteiger partial charge in [-0.2, -0.15) is 0 Å². The van der Waals surface area contributed by atoms with Gasteiger partial charge >= 0.3 is 0 Å². The van der Waals surface area contributed by atoms with Gasteiger partial charge in [0.1, 0.15) is 4.90 Å². The lowest BCUT2D eigenvalue weighted by molar-refractivity contribution is 0.208. The van der Waals surface area contributed by atoms with Gasteiger partial charge < -0.3 is 10.1 Å². The fourth-order valence-corrected chi connectivity index (χ4v) is 2.52. The Morgan fingerprint density at radius 2 is 2.12 bits per heavy atom. The highest BCUT2D eigenvalue weighted by molar-refractivity contribution is 7.89. The third-order valence-corrected chi connectivity index (χ3v) is 3.60. The minimum absolute atomic E-state index is 0.364. The molecule has 0 saturated heterocycles. The van der Waals surface area contributed by atoms with Crippen molar-refractivity contribution in [3.05, 3.63) is 28.7 Å². The molecular formula is C9H14N2O4S. The number of pyridine rings is 1. The van der Waals surface area contributed by atoms with Crippen molar-refractivity contribution in [3.8, 4) is 0 Å². The maximum absolute atomic E-state index is 11.8. The minimum Gasteiger partial charge on any atom is -0.394 e. The molecule has 0 spiro atoms. The molecule has 0 aromatic carbocycles. The smallest absolute Gasteiger partial charge is 0.246 e. The summed E-state index contributed by atoms with van der Waals surface area (Å²) in [5, 5.41) is 8.96. The summed E-state index contributed by atoms with van der Waals surface area (Å²) in [5.41, 5.74) is -1.61. The van der Waals surface area contributed by atoms with E-state index in [1.54, 1.807) is 0 Å². The molecule has 0 aliphatic rings. The molecule has 0 atom stereocenters. The van der Waals surface area contributed by atoms with Crippen molar-refractivity contribution >= 4 is 10.0 Å². The molecule has 1 heterocycles. The van der Waals surface area contributed by atoms with Crippen LogP contribution in [0, 0.1) is 0 Å². The first-order valence-electron chi connectivity index (χ1n) is 4.60. The number of aromatic amines is 1. The van der Waals surface area contributed by atoms with Crippen LogP contribution in [-0.2, 0) is 10.0 Å². The summed E-state index contributed by atoms with van der Waals surface area (Å²) in [6, 6.07) is 1.13. The molecule has 0 radical (unpaired) electrons. The van der Waals surface area contributed by atoms with Crippen LogP contribution in [0.2, 0.25) is 0 Å². The summed E-state index contributed by atoms with van der Waals surface area (Å²) in [5.74, 6) is 0. The van der Waals surface area contributed by atoms with E-state index in [-0.39, 0.29) is 11.5 Å². The molecule has 6 nitrogen and oxygen atoms in total. The molecule has 0 amide bonds. The maximum atomic E-state index is 11.8. The number of H-pyrrole nitrogens is 1. The van der Waals surface area contributed by atoms with E-state index in [0.717, 1.165) is 12.3 Å². The molecule has 0 aliphatic heterocycles. The zero-order valence-electron chi connectivity index (χ0n) is 9.02. The second kappa shape index (κ2) is 4.36. The molecular weight excluding hydrogens is 232 g/mol. The molecule has 0 saturated carbocycles. The van der Waals surface area contributed by atoms with Crippen LogP contribution >= 0.6 is 0 Å². The molecule has 0 fully saturated rings. The number of aromatic nitrogens is 1. The van der Waals surface area contributed by atoms with Crippen LogP contribution in [0.3, 0.4) is 0 Å². The summed E-state index contributed by atoms with van der Waals surface area (Å²) >= 11 is 0. The topological polar surface area (TPSA) is 99.3 Å². The monoisotopic (exact) mass is 246 g/mol. The van der Waals surface area contributed by atoms with Crippen molar-refractivity contribution in [3.63, 3.8) is 0 Å². The van der Waals surface area contributed by atoms with E-state index in [1.165, 1.54) is 20.0 Å². The van der Waals surface area contributed by atoms with E-state index in [0.29, 0.717) is 0 Å². The van der Waals surface area contributed by atoms with Gasteiger partial charge in [0.15, 0.2) is 0 Å². The lowest BCUT2D eigenvalue weighted by Gasteiger charge is -2.22. The number of rotatable bonds is 4. The Hall–Kier alpha value is -1.18. The Balaban J connectivity index is 3.15. The van der Waals surface area contributed by atoms with Gasteiger partial charge in [-0.1, -0.05) is 0 Å². The lowest BCUT2D eigenvalue weighted by Crippen LogP contribution is -2.47. The molecule has 0 unspecified atom stereocenters. The molecule has 0 bridgehead atoms. The molecule has 1 aromatic rings. The standard InChI is InChI=1S/C9H14N2O4S/c1-9(2,6-12)11-16(14,15)8-5-10-4-3-7(8)13/h3-5,11-12H,6H2,1-2H3,(H,10,13). The largest absolute Gasteiger partial charge is 0.394 e. The maximum Gasteiger partial charge on any atom is 0.246 e. The van der Waals surface area contributed by atoms with Crippen LogP contribution in [0.4, 0.5) is 0 Å². The van der Waals surface area contributed by atoms with Gasteiger partial charge in [-0.3, -0.25) is 4.79 Å². The fraction of sp³-hybridized carbons (Fsp3) is 0.444. The number of aliphatic hydroxyl groups excluding tert-OH is 1. The molecule has 3 N–H and O–H groups in total. The van der Waals surface area contributed by atoms with Gasteiger partial charge in [0.25, 0.3) is 0 Å². The van der Waals surface area contributed by atoms with Crippen LogP contribution < -0.4 is 10.2 Å². The SMILES string of the molecule is CC(C)(CO)NS(=O)(=O)c1c[nH]ccc1=O. The zero-order chi connectivity index (χ0) is 12.4. The highest BCUT2D eigenvalue weighted by atomic mass is 32.2. The first-order chi connectivity index (χ1) is 7.28. The van der Waals surface area contributed by atoms with Crippen LogP contribution in [-0.4, -0.2) is 30.7 Å². The van der Waals surface area contributed by atoms with Gasteiger partial charge in [-0.25, -0.2) is 13.1 Å². The third-order valence-electron chi connectivity index (χ3n) is 1.88. The number of hydrogen-bond donors (Lipinski definition) is 3. The number of nitrogens with one attached hydrogen (secondary N) is 2. The van der Waals surface area contributed by atoms with E-state index >= 15 is 0 Å². The highest BCUT2D eigenvalue weighted by Gasteiger charge is 2.26. The minimum atomic E-state index is -3.91. The van der Waals surface area contributed by atoms with E-state index in [2.05, 4.69) is 9.71 Å². The average molecular weight is 246 g/mol. The molecule has 16 heavy (non-hydrogen) atoms. The Kier molecular flexibility index (Phi) is 3.51. The zero-order valence-corrected chi connectivity index (χ0v) is 9.84. The summed E-state index contributed by atoms with van der Waals surface area (Å²) < 4.78 is 25.8. The predicted octanol–water partition coefficient (Wildman–Crippen LogP) is -0.576. The van der Waals surface area contributed by atoms with Gasteiger partial charge in [0.05, 0.1) is 12.1 Å². The van der Waals surface area contributed by atoms with Gasteiger partial charge in [-0.15, -0.1) is 0 Å². The van der Waals surface area contributed by atoms with Crippen molar-refractivity contribution in [2.24, 2.45) is 0 Å². The van der Waals surface area contributed by atoms with E-state index in [9.17, 15) is 13.2 Å². The first kappa shape index (κ1) is 12.9. The second-order valence-corrected chi connectivity index (χ2v) is 5.67. The highest BCUT2D eigenvalue weighted by Crippen LogP contribution is 2.07. The van der Waals surface area contributed by atoms with Crippen molar-refractivity contribution in [1.29, 1.82) is 0 Å². The summed E-state index contributed by atoms with van der Waals surface area (Å²) in [6.07, 6.45) is 2.46. The second-order valence-electron chi connectivity index (χ2n) is 4.02. The Morgan fingerprint density at radius 3 is 2.62 bits per heavy atom. The quantitative estimate of drug-likeness (QED) is 0.662. The van der Waals surface area contributed by atoms with Crippen LogP contribution in [0.1, 0.15) is 13.8 Å².